The van der Waals surface area contributed by atoms with Gasteiger partial charge in [-0.15, -0.1) is 0 Å². The largest absolute Gasteiger partial charge is 0.495 e. The zero-order valence-corrected chi connectivity index (χ0v) is 11.4. The summed E-state index contributed by atoms with van der Waals surface area (Å²) >= 11 is 0. The lowest BCUT2D eigenvalue weighted by Crippen LogP contribution is -2.11. The predicted molar refractivity (Wildman–Crippen MR) is 72.0 cm³/mol. The standard InChI is InChI=1S/C14H11NO4S/c1-18-13-8-4-5-9-14(13)20(16,17)19-12-7-3-2-6-11(12)10-15/h2-9H,1H3. The Kier molecular flexibility index (Phi) is 3.91. The molecule has 0 aliphatic rings. The van der Waals surface area contributed by atoms with Crippen molar-refractivity contribution in [3.8, 4) is 17.6 Å². The fraction of sp³-hybridized carbons (Fsp3) is 0.0714. The zero-order chi connectivity index (χ0) is 14.6. The van der Waals surface area contributed by atoms with E-state index in [0.717, 1.165) is 0 Å². The van der Waals surface area contributed by atoms with Gasteiger partial charge in [-0.3, -0.25) is 0 Å². The molecule has 5 nitrogen and oxygen atoms in total. The van der Waals surface area contributed by atoms with Gasteiger partial charge < -0.3 is 8.92 Å². The molecule has 2 rings (SSSR count). The van der Waals surface area contributed by atoms with E-state index in [1.54, 1.807) is 24.3 Å². The maximum Gasteiger partial charge on any atom is 0.342 e. The Hall–Kier alpha value is -2.52. The van der Waals surface area contributed by atoms with Crippen LogP contribution in [0.25, 0.3) is 0 Å². The lowest BCUT2D eigenvalue weighted by Gasteiger charge is -2.10. The van der Waals surface area contributed by atoms with Gasteiger partial charge in [-0.1, -0.05) is 24.3 Å². The van der Waals surface area contributed by atoms with Gasteiger partial charge >= 0.3 is 10.1 Å². The van der Waals surface area contributed by atoms with E-state index in [1.165, 1.54) is 31.4 Å². The van der Waals surface area contributed by atoms with Crippen molar-refractivity contribution in [2.75, 3.05) is 7.11 Å². The Labute approximate surface area is 117 Å². The van der Waals surface area contributed by atoms with Crippen molar-refractivity contribution in [1.82, 2.24) is 0 Å². The molecule has 0 N–H and O–H groups in total. The molecule has 0 aliphatic heterocycles. The molecule has 0 bridgehead atoms. The first-order valence-electron chi connectivity index (χ1n) is 5.65. The molecule has 0 saturated heterocycles. The van der Waals surface area contributed by atoms with Crippen molar-refractivity contribution in [2.24, 2.45) is 0 Å². The van der Waals surface area contributed by atoms with Gasteiger partial charge in [0.2, 0.25) is 0 Å². The van der Waals surface area contributed by atoms with Gasteiger partial charge in [0.1, 0.15) is 16.7 Å². The van der Waals surface area contributed by atoms with Crippen LogP contribution in [0.1, 0.15) is 5.56 Å². The molecular formula is C14H11NO4S. The normalized spacial score (nSPS) is 10.6. The molecule has 0 aromatic heterocycles. The van der Waals surface area contributed by atoms with Crippen LogP contribution in [0.5, 0.6) is 11.5 Å². The van der Waals surface area contributed by atoms with Crippen LogP contribution in [-0.2, 0) is 10.1 Å². The number of para-hydroxylation sites is 2. The summed E-state index contributed by atoms with van der Waals surface area (Å²) in [5.74, 6) is 0.169. The third kappa shape index (κ3) is 2.73. The quantitative estimate of drug-likeness (QED) is 0.807. The van der Waals surface area contributed by atoms with Gasteiger partial charge in [0.15, 0.2) is 5.75 Å². The fourth-order valence-corrected chi connectivity index (χ4v) is 2.73. The predicted octanol–water partition coefficient (Wildman–Crippen LogP) is 2.33. The van der Waals surface area contributed by atoms with Crippen molar-refractivity contribution >= 4 is 10.1 Å². The monoisotopic (exact) mass is 289 g/mol. The van der Waals surface area contributed by atoms with Gasteiger partial charge in [-0.2, -0.15) is 13.7 Å². The summed E-state index contributed by atoms with van der Waals surface area (Å²) in [4.78, 5) is -0.0877. The van der Waals surface area contributed by atoms with E-state index in [0.29, 0.717) is 0 Å². The number of hydrogen-bond donors (Lipinski definition) is 0. The minimum Gasteiger partial charge on any atom is -0.495 e. The molecule has 0 spiro atoms. The lowest BCUT2D eigenvalue weighted by molar-refractivity contribution is 0.398. The molecule has 6 heteroatoms. The van der Waals surface area contributed by atoms with Crippen LogP contribution >= 0.6 is 0 Å². The van der Waals surface area contributed by atoms with E-state index in [2.05, 4.69) is 0 Å². The highest BCUT2D eigenvalue weighted by Crippen LogP contribution is 2.27. The van der Waals surface area contributed by atoms with Crippen molar-refractivity contribution < 1.29 is 17.3 Å². The minimum absolute atomic E-state index is 0.0130. The Bertz CT molecular complexity index is 763. The molecule has 2 aromatic carbocycles. The lowest BCUT2D eigenvalue weighted by atomic mass is 10.2. The molecule has 0 fully saturated rings. The van der Waals surface area contributed by atoms with E-state index in [1.807, 2.05) is 6.07 Å². The van der Waals surface area contributed by atoms with E-state index < -0.39 is 10.1 Å². The molecule has 0 aliphatic carbocycles. The average Bonchev–Trinajstić information content (AvgIpc) is 2.47. The number of hydrogen-bond acceptors (Lipinski definition) is 5. The molecule has 0 saturated carbocycles. The molecule has 2 aromatic rings. The number of methoxy groups -OCH3 is 1. The molecule has 0 heterocycles. The molecule has 0 radical (unpaired) electrons. The summed E-state index contributed by atoms with van der Waals surface area (Å²) in [5, 5.41) is 8.94. The number of rotatable bonds is 4. The van der Waals surface area contributed by atoms with E-state index in [4.69, 9.17) is 14.2 Å². The van der Waals surface area contributed by atoms with Crippen LogP contribution in [0.4, 0.5) is 0 Å². The molecule has 0 amide bonds. The van der Waals surface area contributed by atoms with E-state index >= 15 is 0 Å². The second kappa shape index (κ2) is 5.63. The van der Waals surface area contributed by atoms with E-state index in [-0.39, 0.29) is 22.0 Å². The number of benzene rings is 2. The number of nitrogens with zero attached hydrogens (tertiary/aromatic N) is 1. The number of nitriles is 1. The topological polar surface area (TPSA) is 76.4 Å². The summed E-state index contributed by atoms with van der Waals surface area (Å²) < 4.78 is 34.5. The summed E-state index contributed by atoms with van der Waals surface area (Å²) in [6.45, 7) is 0. The first-order chi connectivity index (χ1) is 9.58. The van der Waals surface area contributed by atoms with Gasteiger partial charge in [-0.05, 0) is 24.3 Å². The molecular weight excluding hydrogens is 278 g/mol. The summed E-state index contributed by atoms with van der Waals surface area (Å²) in [5.41, 5.74) is 0.144. The van der Waals surface area contributed by atoms with Crippen LogP contribution in [0, 0.1) is 11.3 Å². The first-order valence-corrected chi connectivity index (χ1v) is 7.06. The van der Waals surface area contributed by atoms with Gasteiger partial charge in [-0.25, -0.2) is 0 Å². The third-order valence-corrected chi connectivity index (χ3v) is 3.82. The van der Waals surface area contributed by atoms with Crippen molar-refractivity contribution in [3.05, 3.63) is 54.1 Å². The maximum atomic E-state index is 12.2. The number of ether oxygens (including phenoxy) is 1. The minimum atomic E-state index is -4.06. The van der Waals surface area contributed by atoms with Gasteiger partial charge in [0, 0.05) is 0 Å². The van der Waals surface area contributed by atoms with Crippen molar-refractivity contribution in [2.45, 2.75) is 4.90 Å². The maximum absolute atomic E-state index is 12.2. The smallest absolute Gasteiger partial charge is 0.342 e. The Morgan fingerprint density at radius 3 is 2.25 bits per heavy atom. The first kappa shape index (κ1) is 13.9. The van der Waals surface area contributed by atoms with Crippen LogP contribution < -0.4 is 8.92 Å². The molecule has 0 unspecified atom stereocenters. The Morgan fingerprint density at radius 2 is 1.60 bits per heavy atom. The highest BCUT2D eigenvalue weighted by molar-refractivity contribution is 7.87. The fourth-order valence-electron chi connectivity index (χ4n) is 1.62. The Morgan fingerprint density at radius 1 is 1.00 bits per heavy atom. The highest BCUT2D eigenvalue weighted by atomic mass is 32.2. The highest BCUT2D eigenvalue weighted by Gasteiger charge is 2.22. The zero-order valence-electron chi connectivity index (χ0n) is 10.6. The van der Waals surface area contributed by atoms with Crippen LogP contribution in [0.15, 0.2) is 53.4 Å². The van der Waals surface area contributed by atoms with E-state index in [9.17, 15) is 8.42 Å². The van der Waals surface area contributed by atoms with Crippen LogP contribution in [-0.4, -0.2) is 15.5 Å². The van der Waals surface area contributed by atoms with Crippen molar-refractivity contribution in [3.63, 3.8) is 0 Å². The molecule has 20 heavy (non-hydrogen) atoms. The van der Waals surface area contributed by atoms with Crippen LogP contribution in [0.3, 0.4) is 0 Å². The third-order valence-electron chi connectivity index (χ3n) is 2.55. The summed E-state index contributed by atoms with van der Waals surface area (Å²) in [7, 11) is -2.69. The molecule has 0 atom stereocenters. The Balaban J connectivity index is 2.44. The summed E-state index contributed by atoms with van der Waals surface area (Å²) in [6.07, 6.45) is 0. The average molecular weight is 289 g/mol. The van der Waals surface area contributed by atoms with Crippen molar-refractivity contribution in [1.29, 1.82) is 5.26 Å². The van der Waals surface area contributed by atoms with Gasteiger partial charge in [0.25, 0.3) is 0 Å². The summed E-state index contributed by atoms with van der Waals surface area (Å²) in [6, 6.07) is 14.1. The SMILES string of the molecule is COc1ccccc1S(=O)(=O)Oc1ccccc1C#N. The second-order valence-corrected chi connectivity index (χ2v) is 5.31. The van der Waals surface area contributed by atoms with Gasteiger partial charge in [0.05, 0.1) is 12.7 Å². The molecule has 102 valence electrons. The second-order valence-electron chi connectivity index (χ2n) is 3.80. The van der Waals surface area contributed by atoms with Crippen LogP contribution in [0.2, 0.25) is 0 Å².